The molecule has 5 heteroatoms. The van der Waals surface area contributed by atoms with Crippen LogP contribution in [-0.2, 0) is 0 Å². The van der Waals surface area contributed by atoms with Crippen molar-refractivity contribution in [3.8, 4) is 0 Å². The summed E-state index contributed by atoms with van der Waals surface area (Å²) in [5.74, 6) is -0.376. The van der Waals surface area contributed by atoms with Gasteiger partial charge in [0.2, 0.25) is 0 Å². The third-order valence-corrected chi connectivity index (χ3v) is 3.98. The predicted molar refractivity (Wildman–Crippen MR) is 73.5 cm³/mol. The molecule has 0 aliphatic carbocycles. The zero-order chi connectivity index (χ0) is 14.1. The van der Waals surface area contributed by atoms with Gasteiger partial charge >= 0.3 is 0 Å². The van der Waals surface area contributed by atoms with Gasteiger partial charge in [-0.25, -0.2) is 0 Å². The number of likely N-dealkylation sites (tertiary alicyclic amines) is 1. The third-order valence-electron chi connectivity index (χ3n) is 3.98. The molecule has 1 unspecified atom stereocenters. The number of hydrogen-bond acceptors (Lipinski definition) is 4. The number of carbonyl (C=O) groups excluding carboxylic acids is 2. The largest absolute Gasteiger partial charge is 0.392 e. The van der Waals surface area contributed by atoms with E-state index < -0.39 is 0 Å². The molecule has 0 radical (unpaired) electrons. The highest BCUT2D eigenvalue weighted by molar-refractivity contribution is 6.21. The van der Waals surface area contributed by atoms with Gasteiger partial charge in [0.1, 0.15) is 0 Å². The highest BCUT2D eigenvalue weighted by atomic mass is 16.3. The zero-order valence-electron chi connectivity index (χ0n) is 11.3. The first kappa shape index (κ1) is 13.3. The van der Waals surface area contributed by atoms with Crippen molar-refractivity contribution in [1.82, 2.24) is 9.80 Å². The van der Waals surface area contributed by atoms with E-state index >= 15 is 0 Å². The van der Waals surface area contributed by atoms with Crippen LogP contribution >= 0.6 is 0 Å². The number of aliphatic hydroxyl groups is 1. The first-order chi connectivity index (χ1) is 9.66. The second-order valence-corrected chi connectivity index (χ2v) is 5.40. The van der Waals surface area contributed by atoms with E-state index in [1.54, 1.807) is 24.3 Å². The molecule has 2 heterocycles. The topological polar surface area (TPSA) is 60.9 Å². The molecule has 0 spiro atoms. The zero-order valence-corrected chi connectivity index (χ0v) is 11.3. The van der Waals surface area contributed by atoms with Crippen LogP contribution in [-0.4, -0.2) is 59.0 Å². The Bertz CT molecular complexity index is 509. The van der Waals surface area contributed by atoms with Crippen molar-refractivity contribution in [2.45, 2.75) is 18.9 Å². The molecule has 0 aromatic heterocycles. The lowest BCUT2D eigenvalue weighted by Crippen LogP contribution is -2.33. The highest BCUT2D eigenvalue weighted by Crippen LogP contribution is 2.22. The average Bonchev–Trinajstić information content (AvgIpc) is 2.97. The summed E-state index contributed by atoms with van der Waals surface area (Å²) in [5.41, 5.74) is 1.02. The maximum absolute atomic E-state index is 12.1. The first-order valence-corrected chi connectivity index (χ1v) is 7.02. The Hall–Kier alpha value is -1.72. The van der Waals surface area contributed by atoms with Gasteiger partial charge in [0.05, 0.1) is 17.2 Å². The molecule has 2 aliphatic rings. The Morgan fingerprint density at radius 1 is 1.10 bits per heavy atom. The minimum atomic E-state index is -0.227. The summed E-state index contributed by atoms with van der Waals surface area (Å²) in [6, 6.07) is 6.96. The molecular weight excluding hydrogens is 256 g/mol. The van der Waals surface area contributed by atoms with Crippen LogP contribution in [0, 0.1) is 0 Å². The van der Waals surface area contributed by atoms with Crippen LogP contribution < -0.4 is 0 Å². The van der Waals surface area contributed by atoms with E-state index in [4.69, 9.17) is 0 Å². The molecule has 2 aliphatic heterocycles. The number of benzene rings is 1. The highest BCUT2D eigenvalue weighted by Gasteiger charge is 2.34. The second kappa shape index (κ2) is 5.34. The van der Waals surface area contributed by atoms with E-state index in [0.717, 1.165) is 25.9 Å². The number of rotatable bonds is 4. The molecular formula is C15H18N2O3. The maximum Gasteiger partial charge on any atom is 0.261 e. The van der Waals surface area contributed by atoms with Crippen molar-refractivity contribution in [2.75, 3.05) is 26.2 Å². The lowest BCUT2D eigenvalue weighted by Gasteiger charge is -2.18. The summed E-state index contributed by atoms with van der Waals surface area (Å²) in [6.07, 6.45) is 1.33. The fourth-order valence-corrected chi connectivity index (χ4v) is 2.91. The molecule has 1 aromatic carbocycles. The Balaban J connectivity index is 1.57. The fourth-order valence-electron chi connectivity index (χ4n) is 2.91. The van der Waals surface area contributed by atoms with E-state index in [1.807, 2.05) is 0 Å². The molecule has 106 valence electrons. The minimum absolute atomic E-state index is 0.188. The molecule has 20 heavy (non-hydrogen) atoms. The van der Waals surface area contributed by atoms with Gasteiger partial charge in [0.15, 0.2) is 0 Å². The van der Waals surface area contributed by atoms with Crippen LogP contribution in [0.15, 0.2) is 24.3 Å². The third kappa shape index (κ3) is 2.34. The summed E-state index contributed by atoms with van der Waals surface area (Å²) in [7, 11) is 0. The Morgan fingerprint density at radius 3 is 2.30 bits per heavy atom. The molecule has 2 amide bonds. The fraction of sp³-hybridized carbons (Fsp3) is 0.467. The van der Waals surface area contributed by atoms with Crippen LogP contribution in [0.5, 0.6) is 0 Å². The van der Waals surface area contributed by atoms with Gasteiger partial charge in [-0.1, -0.05) is 12.1 Å². The summed E-state index contributed by atoms with van der Waals surface area (Å²) in [6.45, 7) is 2.84. The lowest BCUT2D eigenvalue weighted by atomic mass is 10.1. The minimum Gasteiger partial charge on any atom is -0.392 e. The molecule has 0 bridgehead atoms. The summed E-state index contributed by atoms with van der Waals surface area (Å²) < 4.78 is 0. The van der Waals surface area contributed by atoms with Gasteiger partial charge in [-0.3, -0.25) is 14.5 Å². The second-order valence-electron chi connectivity index (χ2n) is 5.40. The van der Waals surface area contributed by atoms with E-state index in [2.05, 4.69) is 4.90 Å². The number of amides is 2. The van der Waals surface area contributed by atoms with Crippen molar-refractivity contribution in [2.24, 2.45) is 0 Å². The Kier molecular flexibility index (Phi) is 3.54. The van der Waals surface area contributed by atoms with Gasteiger partial charge in [-0.15, -0.1) is 0 Å². The molecule has 1 atom stereocenters. The molecule has 5 nitrogen and oxygen atoms in total. The van der Waals surface area contributed by atoms with Gasteiger partial charge in [0, 0.05) is 19.6 Å². The molecule has 3 rings (SSSR count). The van der Waals surface area contributed by atoms with Gasteiger partial charge in [-0.2, -0.15) is 0 Å². The monoisotopic (exact) mass is 274 g/mol. The smallest absolute Gasteiger partial charge is 0.261 e. The van der Waals surface area contributed by atoms with Crippen molar-refractivity contribution < 1.29 is 14.7 Å². The average molecular weight is 274 g/mol. The molecule has 0 saturated carbocycles. The number of aliphatic hydroxyl groups excluding tert-OH is 1. The van der Waals surface area contributed by atoms with Crippen LogP contribution in [0.1, 0.15) is 33.6 Å². The molecule has 1 N–H and O–H groups in total. The normalized spacial score (nSPS) is 22.6. The Morgan fingerprint density at radius 2 is 1.75 bits per heavy atom. The van der Waals surface area contributed by atoms with Gasteiger partial charge < -0.3 is 10.0 Å². The van der Waals surface area contributed by atoms with Gasteiger partial charge in [-0.05, 0) is 31.5 Å². The van der Waals surface area contributed by atoms with E-state index in [-0.39, 0.29) is 17.9 Å². The summed E-state index contributed by atoms with van der Waals surface area (Å²) >= 11 is 0. The molecule has 1 saturated heterocycles. The van der Waals surface area contributed by atoms with E-state index in [0.29, 0.717) is 24.2 Å². The van der Waals surface area contributed by atoms with Crippen LogP contribution in [0.25, 0.3) is 0 Å². The number of β-amino-alcohol motifs (C(OH)–C–C–N with tert-alkyl or cyclic N) is 1. The molecule has 1 fully saturated rings. The number of imide groups is 1. The van der Waals surface area contributed by atoms with Crippen LogP contribution in [0.2, 0.25) is 0 Å². The maximum atomic E-state index is 12.1. The van der Waals surface area contributed by atoms with Crippen LogP contribution in [0.4, 0.5) is 0 Å². The first-order valence-electron chi connectivity index (χ1n) is 7.02. The van der Waals surface area contributed by atoms with Crippen LogP contribution in [0.3, 0.4) is 0 Å². The number of carbonyl (C=O) groups is 2. The van der Waals surface area contributed by atoms with Crippen molar-refractivity contribution in [3.63, 3.8) is 0 Å². The number of fused-ring (bicyclic) bond motifs is 1. The SMILES string of the molecule is O=C1c2ccccc2C(=O)N1CCCN1CCC(O)C1. The predicted octanol–water partition coefficient (Wildman–Crippen LogP) is 0.739. The number of hydrogen-bond donors (Lipinski definition) is 1. The molecule has 1 aromatic rings. The van der Waals surface area contributed by atoms with E-state index in [9.17, 15) is 14.7 Å². The standard InChI is InChI=1S/C15H18N2O3/c18-11-6-9-16(10-11)7-3-8-17-14(19)12-4-1-2-5-13(12)15(17)20/h1-2,4-5,11,18H,3,6-10H2. The van der Waals surface area contributed by atoms with Crippen molar-refractivity contribution in [1.29, 1.82) is 0 Å². The quantitative estimate of drug-likeness (QED) is 0.823. The Labute approximate surface area is 117 Å². The van der Waals surface area contributed by atoms with E-state index in [1.165, 1.54) is 4.90 Å². The summed E-state index contributed by atoms with van der Waals surface area (Å²) in [5, 5.41) is 9.45. The lowest BCUT2D eigenvalue weighted by molar-refractivity contribution is 0.0647. The number of nitrogens with zero attached hydrogens (tertiary/aromatic N) is 2. The van der Waals surface area contributed by atoms with Crippen molar-refractivity contribution >= 4 is 11.8 Å². The summed E-state index contributed by atoms with van der Waals surface area (Å²) in [4.78, 5) is 27.8. The van der Waals surface area contributed by atoms with Gasteiger partial charge in [0.25, 0.3) is 11.8 Å². The van der Waals surface area contributed by atoms with Crippen molar-refractivity contribution in [3.05, 3.63) is 35.4 Å².